The van der Waals surface area contributed by atoms with Crippen LogP contribution in [0.4, 0.5) is 0 Å². The van der Waals surface area contributed by atoms with Crippen LogP contribution in [0.1, 0.15) is 91.9 Å². The Labute approximate surface area is 195 Å². The molecule has 0 unspecified atom stereocenters. The van der Waals surface area contributed by atoms with Crippen LogP contribution in [0.5, 0.6) is 0 Å². The minimum Gasteiger partial charge on any atom is -0.466 e. The molecule has 10 atom stereocenters. The zero-order chi connectivity index (χ0) is 23.3. The molecule has 4 heteroatoms. The standard InChI is InChI=1S/C28H46O4/c1-17(7-6-8-18(2)26(31)32-5)22-11-12-23-21-10-9-19-15-20(29)13-14-27(19,3)24(21)16-25(30)28(22,23)4/h8,17,19-25,29-30H,6-7,9-16H2,1-5H3/b18-8+/t17-,19-,20-,21+,22-,23+,24+,25+,27+,28-/m1/s1. The highest BCUT2D eigenvalue weighted by Crippen LogP contribution is 2.68. The number of esters is 1. The molecule has 2 N–H and O–H groups in total. The lowest BCUT2D eigenvalue weighted by molar-refractivity contribution is -0.174. The summed E-state index contributed by atoms with van der Waals surface area (Å²) in [5.74, 6) is 3.45. The van der Waals surface area contributed by atoms with Crippen molar-refractivity contribution in [2.75, 3.05) is 7.11 Å². The van der Waals surface area contributed by atoms with Crippen LogP contribution in [-0.4, -0.2) is 35.5 Å². The number of fused-ring (bicyclic) bond motifs is 5. The topological polar surface area (TPSA) is 66.8 Å². The number of methoxy groups -OCH3 is 1. The molecular formula is C28H46O4. The molecular weight excluding hydrogens is 400 g/mol. The highest BCUT2D eigenvalue weighted by Gasteiger charge is 2.63. The van der Waals surface area contributed by atoms with Crippen molar-refractivity contribution in [3.63, 3.8) is 0 Å². The molecule has 4 saturated carbocycles. The van der Waals surface area contributed by atoms with E-state index in [1.165, 1.54) is 32.8 Å². The predicted octanol–water partition coefficient (Wildman–Crippen LogP) is 5.51. The molecule has 4 aliphatic rings. The molecule has 4 nitrogen and oxygen atoms in total. The quantitative estimate of drug-likeness (QED) is 0.431. The molecule has 0 radical (unpaired) electrons. The average molecular weight is 447 g/mol. The molecule has 0 aromatic carbocycles. The van der Waals surface area contributed by atoms with Gasteiger partial charge in [-0.15, -0.1) is 0 Å². The van der Waals surface area contributed by atoms with Crippen LogP contribution in [0.25, 0.3) is 0 Å². The number of hydrogen-bond donors (Lipinski definition) is 2. The Balaban J connectivity index is 1.48. The Morgan fingerprint density at radius 1 is 1.09 bits per heavy atom. The number of rotatable bonds is 5. The number of aliphatic hydroxyl groups excluding tert-OH is 2. The number of hydrogen-bond acceptors (Lipinski definition) is 4. The van der Waals surface area contributed by atoms with Crippen molar-refractivity contribution in [3.05, 3.63) is 11.6 Å². The van der Waals surface area contributed by atoms with Crippen LogP contribution in [0.3, 0.4) is 0 Å². The molecule has 0 saturated heterocycles. The van der Waals surface area contributed by atoms with Gasteiger partial charge in [-0.25, -0.2) is 4.79 Å². The summed E-state index contributed by atoms with van der Waals surface area (Å²) in [5.41, 5.74) is 1.00. The zero-order valence-corrected chi connectivity index (χ0v) is 21.0. The molecule has 4 fully saturated rings. The van der Waals surface area contributed by atoms with E-state index >= 15 is 0 Å². The van der Waals surface area contributed by atoms with Gasteiger partial charge in [-0.1, -0.05) is 26.8 Å². The molecule has 0 aromatic rings. The Morgan fingerprint density at radius 2 is 1.84 bits per heavy atom. The van der Waals surface area contributed by atoms with E-state index in [1.54, 1.807) is 0 Å². The SMILES string of the molecule is COC(=O)/C(C)=C/CC[C@@H](C)[C@H]1CC[C@H]2[C@@H]3CC[C@@H]4C[C@H](O)CC[C@]4(C)[C@H]3C[C@H](O)[C@]12C. The zero-order valence-electron chi connectivity index (χ0n) is 21.0. The fourth-order valence-corrected chi connectivity index (χ4v) is 9.17. The van der Waals surface area contributed by atoms with Crippen LogP contribution in [0, 0.1) is 46.3 Å². The lowest BCUT2D eigenvalue weighted by Gasteiger charge is -2.62. The van der Waals surface area contributed by atoms with Crippen LogP contribution in [0.2, 0.25) is 0 Å². The summed E-state index contributed by atoms with van der Waals surface area (Å²) in [5, 5.41) is 21.9. The number of aliphatic hydroxyl groups is 2. The van der Waals surface area contributed by atoms with Gasteiger partial charge >= 0.3 is 5.97 Å². The fourth-order valence-electron chi connectivity index (χ4n) is 9.17. The Hall–Kier alpha value is -0.870. The summed E-state index contributed by atoms with van der Waals surface area (Å²) in [6.07, 6.45) is 12.6. The van der Waals surface area contributed by atoms with Gasteiger partial charge in [0, 0.05) is 5.57 Å². The lowest BCUT2D eigenvalue weighted by Crippen LogP contribution is -2.58. The maximum Gasteiger partial charge on any atom is 0.333 e. The van der Waals surface area contributed by atoms with Crippen LogP contribution in [-0.2, 0) is 9.53 Å². The van der Waals surface area contributed by atoms with Crippen LogP contribution in [0.15, 0.2) is 11.6 Å². The summed E-state index contributed by atoms with van der Waals surface area (Å²) in [6, 6.07) is 0. The Bertz CT molecular complexity index is 731. The summed E-state index contributed by atoms with van der Waals surface area (Å²) in [7, 11) is 1.43. The molecule has 4 rings (SSSR count). The second-order valence-corrected chi connectivity index (χ2v) is 12.3. The number of carbonyl (C=O) groups excluding carboxylic acids is 1. The monoisotopic (exact) mass is 446 g/mol. The van der Waals surface area contributed by atoms with Crippen LogP contribution >= 0.6 is 0 Å². The van der Waals surface area contributed by atoms with Gasteiger partial charge in [0.25, 0.3) is 0 Å². The van der Waals surface area contributed by atoms with Crippen molar-refractivity contribution in [1.82, 2.24) is 0 Å². The molecule has 0 heterocycles. The van der Waals surface area contributed by atoms with E-state index < -0.39 is 0 Å². The smallest absolute Gasteiger partial charge is 0.333 e. The second kappa shape index (κ2) is 9.06. The maximum absolute atomic E-state index is 11.7. The van der Waals surface area contributed by atoms with Gasteiger partial charge in [0.15, 0.2) is 0 Å². The Morgan fingerprint density at radius 3 is 2.56 bits per heavy atom. The average Bonchev–Trinajstić information content (AvgIpc) is 3.13. The van der Waals surface area contributed by atoms with Crippen molar-refractivity contribution in [2.45, 2.75) is 104 Å². The minimum atomic E-state index is -0.237. The summed E-state index contributed by atoms with van der Waals surface area (Å²) < 4.78 is 4.82. The highest BCUT2D eigenvalue weighted by molar-refractivity contribution is 5.87. The van der Waals surface area contributed by atoms with E-state index in [1.807, 2.05) is 13.0 Å². The van der Waals surface area contributed by atoms with Crippen LogP contribution < -0.4 is 0 Å². The van der Waals surface area contributed by atoms with E-state index in [0.717, 1.165) is 44.4 Å². The minimum absolute atomic E-state index is 0.0130. The molecule has 4 aliphatic carbocycles. The molecule has 32 heavy (non-hydrogen) atoms. The normalized spacial score (nSPS) is 47.2. The third kappa shape index (κ3) is 3.87. The first-order chi connectivity index (χ1) is 15.1. The van der Waals surface area contributed by atoms with E-state index in [0.29, 0.717) is 40.6 Å². The lowest BCUT2D eigenvalue weighted by atomic mass is 9.43. The first-order valence-electron chi connectivity index (χ1n) is 13.2. The summed E-state index contributed by atoms with van der Waals surface area (Å²) in [4.78, 5) is 11.7. The van der Waals surface area contributed by atoms with E-state index in [4.69, 9.17) is 4.74 Å². The third-order valence-electron chi connectivity index (χ3n) is 11.1. The highest BCUT2D eigenvalue weighted by atomic mass is 16.5. The molecule has 0 amide bonds. The first-order valence-corrected chi connectivity index (χ1v) is 13.2. The molecule has 0 spiro atoms. The first kappa shape index (κ1) is 24.3. The third-order valence-corrected chi connectivity index (χ3v) is 11.1. The van der Waals surface area contributed by atoms with Crippen molar-refractivity contribution < 1.29 is 19.7 Å². The van der Waals surface area contributed by atoms with Gasteiger partial charge in [0.2, 0.25) is 0 Å². The second-order valence-electron chi connectivity index (χ2n) is 12.3. The van der Waals surface area contributed by atoms with Gasteiger partial charge in [0.05, 0.1) is 19.3 Å². The van der Waals surface area contributed by atoms with Crippen molar-refractivity contribution in [1.29, 1.82) is 0 Å². The van der Waals surface area contributed by atoms with Crippen molar-refractivity contribution in [3.8, 4) is 0 Å². The van der Waals surface area contributed by atoms with Crippen molar-refractivity contribution >= 4 is 5.97 Å². The maximum atomic E-state index is 11.7. The largest absolute Gasteiger partial charge is 0.466 e. The predicted molar refractivity (Wildman–Crippen MR) is 127 cm³/mol. The molecule has 182 valence electrons. The van der Waals surface area contributed by atoms with Crippen molar-refractivity contribution in [2.24, 2.45) is 46.3 Å². The summed E-state index contributed by atoms with van der Waals surface area (Å²) >= 11 is 0. The van der Waals surface area contributed by atoms with E-state index in [2.05, 4.69) is 20.8 Å². The van der Waals surface area contributed by atoms with Gasteiger partial charge in [0.1, 0.15) is 0 Å². The van der Waals surface area contributed by atoms with Gasteiger partial charge in [-0.3, -0.25) is 0 Å². The fraction of sp³-hybridized carbons (Fsp3) is 0.893. The Kier molecular flexibility index (Phi) is 6.87. The molecule has 0 aliphatic heterocycles. The number of ether oxygens (including phenoxy) is 1. The summed E-state index contributed by atoms with van der Waals surface area (Å²) in [6.45, 7) is 9.08. The van der Waals surface area contributed by atoms with E-state index in [9.17, 15) is 15.0 Å². The molecule has 0 aromatic heterocycles. The number of carbonyl (C=O) groups is 1. The number of allylic oxidation sites excluding steroid dienone is 1. The van der Waals surface area contributed by atoms with Gasteiger partial charge in [-0.2, -0.15) is 0 Å². The molecule has 0 bridgehead atoms. The van der Waals surface area contributed by atoms with E-state index in [-0.39, 0.29) is 23.6 Å². The van der Waals surface area contributed by atoms with Gasteiger partial charge in [-0.05, 0) is 117 Å². The van der Waals surface area contributed by atoms with Gasteiger partial charge < -0.3 is 14.9 Å².